The number of anilines is 1. The van der Waals surface area contributed by atoms with Crippen molar-refractivity contribution in [3.63, 3.8) is 0 Å². The Morgan fingerprint density at radius 1 is 0.969 bits per heavy atom. The van der Waals surface area contributed by atoms with Gasteiger partial charge in [0, 0.05) is 76.4 Å². The van der Waals surface area contributed by atoms with E-state index < -0.39 is 0 Å². The second-order valence-corrected chi connectivity index (χ2v) is 9.29. The molecule has 1 aromatic heterocycles. The lowest BCUT2D eigenvalue weighted by atomic mass is 9.97. The lowest BCUT2D eigenvalue weighted by Crippen LogP contribution is -2.49. The molecule has 3 heterocycles. The standard InChI is InChI=1S/C26H36N4O2/c1-20(2)28-14-16-29(17-15-28)25-9-8-24(18-27-25)22-4-6-23(7-5-22)26(31)30-12-10-21(11-13-30)19-32-3/h4-9,18,20-21H,10-17,19H2,1-3H3. The van der Waals surface area contributed by atoms with Crippen LogP contribution in [0.5, 0.6) is 0 Å². The first kappa shape index (κ1) is 22.7. The smallest absolute Gasteiger partial charge is 0.253 e. The van der Waals surface area contributed by atoms with Crippen LogP contribution in [0.2, 0.25) is 0 Å². The molecule has 0 spiro atoms. The Morgan fingerprint density at radius 3 is 2.19 bits per heavy atom. The van der Waals surface area contributed by atoms with Crippen molar-refractivity contribution in [2.75, 3.05) is 57.9 Å². The maximum atomic E-state index is 12.9. The number of amides is 1. The van der Waals surface area contributed by atoms with E-state index in [0.717, 1.165) is 81.2 Å². The fraction of sp³-hybridized carbons (Fsp3) is 0.538. The molecule has 2 aliphatic heterocycles. The molecule has 2 aliphatic rings. The minimum Gasteiger partial charge on any atom is -0.384 e. The average Bonchev–Trinajstić information content (AvgIpc) is 2.84. The molecule has 6 nitrogen and oxygen atoms in total. The first-order valence-corrected chi connectivity index (χ1v) is 11.9. The minimum absolute atomic E-state index is 0.126. The van der Waals surface area contributed by atoms with Gasteiger partial charge in [-0.2, -0.15) is 0 Å². The van der Waals surface area contributed by atoms with Gasteiger partial charge in [0.1, 0.15) is 5.82 Å². The fourth-order valence-electron chi connectivity index (χ4n) is 4.74. The summed E-state index contributed by atoms with van der Waals surface area (Å²) in [6, 6.07) is 12.8. The lowest BCUT2D eigenvalue weighted by molar-refractivity contribution is 0.0613. The van der Waals surface area contributed by atoms with E-state index in [-0.39, 0.29) is 5.91 Å². The van der Waals surface area contributed by atoms with E-state index >= 15 is 0 Å². The van der Waals surface area contributed by atoms with Gasteiger partial charge in [0.25, 0.3) is 5.91 Å². The van der Waals surface area contributed by atoms with Crippen molar-refractivity contribution in [1.29, 1.82) is 0 Å². The van der Waals surface area contributed by atoms with E-state index in [1.165, 1.54) is 0 Å². The third-order valence-corrected chi connectivity index (χ3v) is 6.89. The number of ether oxygens (including phenoxy) is 1. The van der Waals surface area contributed by atoms with E-state index in [4.69, 9.17) is 9.72 Å². The summed E-state index contributed by atoms with van der Waals surface area (Å²) >= 11 is 0. The van der Waals surface area contributed by atoms with Gasteiger partial charge in [0.15, 0.2) is 0 Å². The third kappa shape index (κ3) is 5.30. The van der Waals surface area contributed by atoms with Crippen LogP contribution in [-0.2, 0) is 4.74 Å². The molecule has 0 bridgehead atoms. The van der Waals surface area contributed by atoms with E-state index in [1.54, 1.807) is 7.11 Å². The maximum Gasteiger partial charge on any atom is 0.253 e. The molecule has 2 aromatic rings. The third-order valence-electron chi connectivity index (χ3n) is 6.89. The number of pyridine rings is 1. The number of carbonyl (C=O) groups is 1. The SMILES string of the molecule is COCC1CCN(C(=O)c2ccc(-c3ccc(N4CCN(C(C)C)CC4)nc3)cc2)CC1. The van der Waals surface area contributed by atoms with Gasteiger partial charge in [-0.1, -0.05) is 12.1 Å². The number of nitrogens with zero attached hydrogens (tertiary/aromatic N) is 4. The first-order valence-electron chi connectivity index (χ1n) is 11.9. The summed E-state index contributed by atoms with van der Waals surface area (Å²) in [4.78, 5) is 24.4. The topological polar surface area (TPSA) is 48.9 Å². The average molecular weight is 437 g/mol. The van der Waals surface area contributed by atoms with Crippen LogP contribution in [0.1, 0.15) is 37.0 Å². The Labute approximate surface area is 192 Å². The largest absolute Gasteiger partial charge is 0.384 e. The Balaban J connectivity index is 1.34. The molecule has 1 aromatic carbocycles. The molecule has 0 atom stereocenters. The predicted molar refractivity (Wildman–Crippen MR) is 129 cm³/mol. The molecule has 0 saturated carbocycles. The fourth-order valence-corrected chi connectivity index (χ4v) is 4.74. The van der Waals surface area contributed by atoms with Crippen LogP contribution < -0.4 is 4.90 Å². The highest BCUT2D eigenvalue weighted by molar-refractivity contribution is 5.94. The zero-order chi connectivity index (χ0) is 22.5. The molecule has 0 N–H and O–H groups in total. The van der Waals surface area contributed by atoms with Gasteiger partial charge in [0.05, 0.1) is 0 Å². The number of likely N-dealkylation sites (tertiary alicyclic amines) is 1. The van der Waals surface area contributed by atoms with Gasteiger partial charge < -0.3 is 14.5 Å². The summed E-state index contributed by atoms with van der Waals surface area (Å²) in [5.41, 5.74) is 2.92. The van der Waals surface area contributed by atoms with Crippen molar-refractivity contribution in [1.82, 2.24) is 14.8 Å². The monoisotopic (exact) mass is 436 g/mol. The van der Waals surface area contributed by atoms with Gasteiger partial charge in [-0.15, -0.1) is 0 Å². The quantitative estimate of drug-likeness (QED) is 0.690. The molecule has 0 aliphatic carbocycles. The number of rotatable bonds is 6. The number of carbonyl (C=O) groups excluding carboxylic acids is 1. The summed E-state index contributed by atoms with van der Waals surface area (Å²) in [5.74, 6) is 1.74. The van der Waals surface area contributed by atoms with Gasteiger partial charge in [-0.3, -0.25) is 9.69 Å². The summed E-state index contributed by atoms with van der Waals surface area (Å²) in [5, 5.41) is 0. The summed E-state index contributed by atoms with van der Waals surface area (Å²) in [6.45, 7) is 11.1. The zero-order valence-corrected chi connectivity index (χ0v) is 19.7. The van der Waals surface area contributed by atoms with Crippen LogP contribution in [0.15, 0.2) is 42.6 Å². The summed E-state index contributed by atoms with van der Waals surface area (Å²) in [6.07, 6.45) is 3.98. The first-order chi connectivity index (χ1) is 15.5. The van der Waals surface area contributed by atoms with Crippen molar-refractivity contribution in [3.8, 4) is 11.1 Å². The van der Waals surface area contributed by atoms with Gasteiger partial charge in [-0.05, 0) is 62.4 Å². The Morgan fingerprint density at radius 2 is 1.62 bits per heavy atom. The van der Waals surface area contributed by atoms with Crippen molar-refractivity contribution in [3.05, 3.63) is 48.2 Å². The van der Waals surface area contributed by atoms with Crippen LogP contribution in [-0.4, -0.2) is 79.7 Å². The lowest BCUT2D eigenvalue weighted by Gasteiger charge is -2.37. The van der Waals surface area contributed by atoms with Crippen LogP contribution in [0, 0.1) is 5.92 Å². The summed E-state index contributed by atoms with van der Waals surface area (Å²) < 4.78 is 5.26. The highest BCUT2D eigenvalue weighted by Crippen LogP contribution is 2.24. The Kier molecular flexibility index (Phi) is 7.43. The van der Waals surface area contributed by atoms with Crippen molar-refractivity contribution < 1.29 is 9.53 Å². The number of piperazine rings is 1. The second kappa shape index (κ2) is 10.5. The zero-order valence-electron chi connectivity index (χ0n) is 19.7. The molecular weight excluding hydrogens is 400 g/mol. The van der Waals surface area contributed by atoms with E-state index in [9.17, 15) is 4.79 Å². The molecule has 0 radical (unpaired) electrons. The Bertz CT molecular complexity index is 866. The van der Waals surface area contributed by atoms with E-state index in [2.05, 4.69) is 35.8 Å². The second-order valence-electron chi connectivity index (χ2n) is 9.29. The normalized spacial score (nSPS) is 18.4. The van der Waals surface area contributed by atoms with Gasteiger partial charge >= 0.3 is 0 Å². The minimum atomic E-state index is 0.126. The highest BCUT2D eigenvalue weighted by atomic mass is 16.5. The summed E-state index contributed by atoms with van der Waals surface area (Å²) in [7, 11) is 1.75. The molecular formula is C26H36N4O2. The van der Waals surface area contributed by atoms with Crippen molar-refractivity contribution >= 4 is 11.7 Å². The number of benzene rings is 1. The van der Waals surface area contributed by atoms with E-state index in [0.29, 0.717) is 12.0 Å². The molecule has 0 unspecified atom stereocenters. The number of hydrogen-bond acceptors (Lipinski definition) is 5. The Hall–Kier alpha value is -2.44. The molecule has 6 heteroatoms. The van der Waals surface area contributed by atoms with Gasteiger partial charge in [0.2, 0.25) is 0 Å². The van der Waals surface area contributed by atoms with E-state index in [1.807, 2.05) is 35.4 Å². The number of hydrogen-bond donors (Lipinski definition) is 0. The molecule has 172 valence electrons. The predicted octanol–water partition coefficient (Wildman–Crippen LogP) is 3.78. The van der Waals surface area contributed by atoms with Crippen molar-refractivity contribution in [2.24, 2.45) is 5.92 Å². The van der Waals surface area contributed by atoms with Gasteiger partial charge in [-0.25, -0.2) is 4.98 Å². The number of piperidine rings is 1. The number of aromatic nitrogens is 1. The molecule has 2 fully saturated rings. The maximum absolute atomic E-state index is 12.9. The number of methoxy groups -OCH3 is 1. The van der Waals surface area contributed by atoms with Crippen molar-refractivity contribution in [2.45, 2.75) is 32.7 Å². The molecule has 4 rings (SSSR count). The highest BCUT2D eigenvalue weighted by Gasteiger charge is 2.24. The molecule has 32 heavy (non-hydrogen) atoms. The molecule has 1 amide bonds. The van der Waals surface area contributed by atoms with Crippen LogP contribution in [0.4, 0.5) is 5.82 Å². The van der Waals surface area contributed by atoms with Crippen LogP contribution >= 0.6 is 0 Å². The van der Waals surface area contributed by atoms with Crippen LogP contribution in [0.3, 0.4) is 0 Å². The van der Waals surface area contributed by atoms with Crippen LogP contribution in [0.25, 0.3) is 11.1 Å². The molecule has 2 saturated heterocycles.